The molecule has 1 aromatic heterocycles. The van der Waals surface area contributed by atoms with Gasteiger partial charge in [-0.3, -0.25) is 4.57 Å². The van der Waals surface area contributed by atoms with Crippen molar-refractivity contribution in [3.63, 3.8) is 0 Å². The summed E-state index contributed by atoms with van der Waals surface area (Å²) in [6.45, 7) is -2.97. The second-order valence-corrected chi connectivity index (χ2v) is 6.98. The Hall–Kier alpha value is -4.82. The predicted octanol–water partition coefficient (Wildman–Crippen LogP) is 5.94. The zero-order valence-corrected chi connectivity index (χ0v) is 17.0. The van der Waals surface area contributed by atoms with E-state index in [9.17, 15) is 13.9 Å². The van der Waals surface area contributed by atoms with Gasteiger partial charge in [-0.2, -0.15) is 19.3 Å². The van der Waals surface area contributed by atoms with Crippen LogP contribution in [0.1, 0.15) is 11.1 Å². The summed E-state index contributed by atoms with van der Waals surface area (Å²) in [5.41, 5.74) is 3.55. The lowest BCUT2D eigenvalue weighted by Gasteiger charge is -2.12. The number of nitrogens with zero attached hydrogens (tertiary/aromatic N) is 3. The number of rotatable bonds is 6. The first kappa shape index (κ1) is 21.4. The average Bonchev–Trinajstić information content (AvgIpc) is 3.15. The molecule has 0 saturated heterocycles. The summed E-state index contributed by atoms with van der Waals surface area (Å²) >= 11 is 0. The molecule has 0 spiro atoms. The predicted molar refractivity (Wildman–Crippen MR) is 119 cm³/mol. The van der Waals surface area contributed by atoms with E-state index in [1.165, 1.54) is 16.7 Å². The number of ether oxygens (including phenoxy) is 1. The lowest BCUT2D eigenvalue weighted by Crippen LogP contribution is -2.02. The molecule has 33 heavy (non-hydrogen) atoms. The number of benzene rings is 3. The number of nitrogens with one attached hydrogen (secondary N) is 1. The molecule has 0 amide bonds. The summed E-state index contributed by atoms with van der Waals surface area (Å²) in [6, 6.07) is 25.2. The highest BCUT2D eigenvalue weighted by atomic mass is 19.3. The zero-order chi connectivity index (χ0) is 23.4. The van der Waals surface area contributed by atoms with Crippen molar-refractivity contribution >= 4 is 11.4 Å². The Balaban J connectivity index is 1.82. The van der Waals surface area contributed by atoms with Gasteiger partial charge in [-0.15, -0.1) is 0 Å². The van der Waals surface area contributed by atoms with E-state index in [4.69, 9.17) is 10.5 Å². The summed E-state index contributed by atoms with van der Waals surface area (Å²) in [5, 5.41) is 32.2. The minimum absolute atomic E-state index is 0.0174. The second kappa shape index (κ2) is 9.13. The Labute approximate surface area is 188 Å². The van der Waals surface area contributed by atoms with Gasteiger partial charge in [0.15, 0.2) is 0 Å². The molecule has 0 aliphatic carbocycles. The zero-order valence-electron chi connectivity index (χ0n) is 17.0. The molecule has 0 radical (unpaired) electrons. The SMILES string of the molecule is N#Cc1ccc(Nc2cc(-c3cccc(OC(F)F)c3)n(-c3ccc(C#N)cc3)c2O)cc1. The summed E-state index contributed by atoms with van der Waals surface area (Å²) in [6.07, 6.45) is 0. The maximum atomic E-state index is 12.7. The molecule has 0 aliphatic heterocycles. The molecular weight excluding hydrogens is 426 g/mol. The minimum Gasteiger partial charge on any atom is -0.493 e. The Kier molecular flexibility index (Phi) is 5.92. The fourth-order valence-corrected chi connectivity index (χ4v) is 3.37. The molecule has 0 aliphatic rings. The third-order valence-corrected chi connectivity index (χ3v) is 4.88. The van der Waals surface area contributed by atoms with Gasteiger partial charge in [0.1, 0.15) is 11.4 Å². The molecule has 0 bridgehead atoms. The van der Waals surface area contributed by atoms with Crippen LogP contribution in [-0.2, 0) is 0 Å². The highest BCUT2D eigenvalue weighted by Gasteiger charge is 2.19. The van der Waals surface area contributed by atoms with Crippen LogP contribution in [0.15, 0.2) is 78.9 Å². The van der Waals surface area contributed by atoms with Crippen LogP contribution in [0, 0.1) is 22.7 Å². The van der Waals surface area contributed by atoms with Crippen LogP contribution in [0.25, 0.3) is 16.9 Å². The van der Waals surface area contributed by atoms with Crippen LogP contribution < -0.4 is 10.1 Å². The van der Waals surface area contributed by atoms with E-state index in [1.54, 1.807) is 66.7 Å². The van der Waals surface area contributed by atoms with E-state index >= 15 is 0 Å². The smallest absolute Gasteiger partial charge is 0.387 e. The number of hydrogen-bond acceptors (Lipinski definition) is 5. The fraction of sp³-hybridized carbons (Fsp3) is 0.0400. The summed E-state index contributed by atoms with van der Waals surface area (Å²) in [5.74, 6) is -0.143. The summed E-state index contributed by atoms with van der Waals surface area (Å²) in [4.78, 5) is 0. The van der Waals surface area contributed by atoms with Crippen LogP contribution in [0.4, 0.5) is 20.2 Å². The van der Waals surface area contributed by atoms with Crippen molar-refractivity contribution < 1.29 is 18.6 Å². The summed E-state index contributed by atoms with van der Waals surface area (Å²) < 4.78 is 31.5. The van der Waals surface area contributed by atoms with E-state index in [2.05, 4.69) is 10.1 Å². The highest BCUT2D eigenvalue weighted by Crippen LogP contribution is 2.39. The standard InChI is InChI=1S/C25H16F2N4O2/c26-25(27)33-21-3-1-2-18(12-21)23-13-22(30-19-8-4-16(14-28)5-9-19)24(32)31(23)20-10-6-17(15-29)7-11-20/h1-13,25,30,32H. The molecule has 0 atom stereocenters. The van der Waals surface area contributed by atoms with Gasteiger partial charge in [-0.1, -0.05) is 12.1 Å². The van der Waals surface area contributed by atoms with E-state index in [-0.39, 0.29) is 11.6 Å². The highest BCUT2D eigenvalue weighted by molar-refractivity contribution is 5.77. The van der Waals surface area contributed by atoms with Crippen LogP contribution >= 0.6 is 0 Å². The van der Waals surface area contributed by atoms with Gasteiger partial charge < -0.3 is 15.2 Å². The third-order valence-electron chi connectivity index (χ3n) is 4.88. The van der Waals surface area contributed by atoms with Crippen LogP contribution in [0.2, 0.25) is 0 Å². The largest absolute Gasteiger partial charge is 0.493 e. The maximum Gasteiger partial charge on any atom is 0.387 e. The van der Waals surface area contributed by atoms with E-state index < -0.39 is 6.61 Å². The van der Waals surface area contributed by atoms with Gasteiger partial charge in [0, 0.05) is 16.9 Å². The van der Waals surface area contributed by atoms with E-state index in [0.29, 0.717) is 39.4 Å². The Morgan fingerprint density at radius 3 is 2.12 bits per heavy atom. The molecule has 0 fully saturated rings. The normalized spacial score (nSPS) is 10.5. The molecule has 3 aromatic carbocycles. The number of nitriles is 2. The van der Waals surface area contributed by atoms with Gasteiger partial charge in [0.25, 0.3) is 0 Å². The number of alkyl halides is 2. The molecule has 1 heterocycles. The van der Waals surface area contributed by atoms with Crippen LogP contribution in [-0.4, -0.2) is 16.3 Å². The van der Waals surface area contributed by atoms with Crippen molar-refractivity contribution in [3.8, 4) is 40.7 Å². The Morgan fingerprint density at radius 1 is 0.879 bits per heavy atom. The first-order chi connectivity index (χ1) is 16.0. The molecule has 6 nitrogen and oxygen atoms in total. The third kappa shape index (κ3) is 4.60. The number of anilines is 2. The number of aromatic hydroxyl groups is 1. The number of halogens is 2. The van der Waals surface area contributed by atoms with E-state index in [0.717, 1.165) is 0 Å². The van der Waals surface area contributed by atoms with Gasteiger partial charge in [-0.25, -0.2) is 0 Å². The Morgan fingerprint density at radius 2 is 1.52 bits per heavy atom. The van der Waals surface area contributed by atoms with Crippen LogP contribution in [0.3, 0.4) is 0 Å². The lowest BCUT2D eigenvalue weighted by molar-refractivity contribution is -0.0498. The number of aromatic nitrogens is 1. The molecule has 0 unspecified atom stereocenters. The maximum absolute atomic E-state index is 12.7. The molecule has 0 saturated carbocycles. The average molecular weight is 442 g/mol. The molecule has 8 heteroatoms. The topological polar surface area (TPSA) is 94.0 Å². The van der Waals surface area contributed by atoms with Crippen molar-refractivity contribution in [2.24, 2.45) is 0 Å². The number of hydrogen-bond donors (Lipinski definition) is 2. The first-order valence-corrected chi connectivity index (χ1v) is 9.76. The monoisotopic (exact) mass is 442 g/mol. The molecule has 4 aromatic rings. The molecule has 162 valence electrons. The van der Waals surface area contributed by atoms with Gasteiger partial charge >= 0.3 is 6.61 Å². The van der Waals surface area contributed by atoms with Crippen molar-refractivity contribution in [1.82, 2.24) is 4.57 Å². The van der Waals surface area contributed by atoms with Crippen molar-refractivity contribution in [2.45, 2.75) is 6.61 Å². The first-order valence-electron chi connectivity index (χ1n) is 9.76. The van der Waals surface area contributed by atoms with Gasteiger partial charge in [-0.05, 0) is 66.7 Å². The quantitative estimate of drug-likeness (QED) is 0.386. The van der Waals surface area contributed by atoms with E-state index in [1.807, 2.05) is 12.1 Å². The van der Waals surface area contributed by atoms with Crippen molar-refractivity contribution in [1.29, 1.82) is 10.5 Å². The van der Waals surface area contributed by atoms with Crippen LogP contribution in [0.5, 0.6) is 11.6 Å². The molecule has 4 rings (SSSR count). The fourth-order valence-electron chi connectivity index (χ4n) is 3.37. The Bertz CT molecular complexity index is 1370. The van der Waals surface area contributed by atoms with Gasteiger partial charge in [0.2, 0.25) is 5.88 Å². The van der Waals surface area contributed by atoms with Crippen molar-refractivity contribution in [2.75, 3.05) is 5.32 Å². The summed E-state index contributed by atoms with van der Waals surface area (Å²) in [7, 11) is 0. The molecule has 2 N–H and O–H groups in total. The minimum atomic E-state index is -2.97. The lowest BCUT2D eigenvalue weighted by atomic mass is 10.1. The molecular formula is C25H16F2N4O2. The second-order valence-electron chi connectivity index (χ2n) is 6.98. The van der Waals surface area contributed by atoms with Crippen molar-refractivity contribution in [3.05, 3.63) is 90.0 Å². The van der Waals surface area contributed by atoms with Gasteiger partial charge in [0.05, 0.1) is 29.0 Å².